The van der Waals surface area contributed by atoms with E-state index >= 15 is 0 Å². The Bertz CT molecular complexity index is 1230. The molecule has 3 aromatic rings. The van der Waals surface area contributed by atoms with Crippen LogP contribution in [0.4, 0.5) is 11.4 Å². The van der Waals surface area contributed by atoms with E-state index in [1.165, 1.54) is 36.3 Å². The lowest BCUT2D eigenvalue weighted by Crippen LogP contribution is -2.29. The number of non-ortho nitro benzene ring substituents is 1. The average Bonchev–Trinajstić information content (AvgIpc) is 3.09. The molecule has 3 aromatic carbocycles. The van der Waals surface area contributed by atoms with E-state index in [1.807, 2.05) is 0 Å². The molecule has 32 heavy (non-hydrogen) atoms. The molecule has 1 fully saturated rings. The van der Waals surface area contributed by atoms with E-state index in [-0.39, 0.29) is 22.7 Å². The molecule has 0 spiro atoms. The second-order valence-electron chi connectivity index (χ2n) is 7.09. The number of nitro groups is 1. The number of carbonyl (C=O) groups excluding carboxylic acids is 2. The molecular formula is C24H18N2O6. The summed E-state index contributed by atoms with van der Waals surface area (Å²) in [5, 5.41) is 22.3. The number of amides is 1. The minimum atomic E-state index is -0.983. The van der Waals surface area contributed by atoms with Crippen LogP contribution in [0.25, 0.3) is 5.76 Å². The molecular weight excluding hydrogens is 412 g/mol. The van der Waals surface area contributed by atoms with Gasteiger partial charge in [0, 0.05) is 17.7 Å². The number of nitrogens with zero attached hydrogens (tertiary/aromatic N) is 2. The summed E-state index contributed by atoms with van der Waals surface area (Å²) in [6.07, 6.45) is 0. The van der Waals surface area contributed by atoms with Gasteiger partial charge >= 0.3 is 0 Å². The van der Waals surface area contributed by atoms with Gasteiger partial charge in [-0.15, -0.1) is 0 Å². The topological polar surface area (TPSA) is 110 Å². The van der Waals surface area contributed by atoms with Crippen molar-refractivity contribution in [2.24, 2.45) is 0 Å². The SMILES string of the molecule is COc1ccc(C2C(=C(O)c3ccccc3)C(=O)C(=O)N2c2cccc([N+](=O)[O-])c2)cc1. The van der Waals surface area contributed by atoms with E-state index in [9.17, 15) is 24.8 Å². The first kappa shape index (κ1) is 20.8. The monoisotopic (exact) mass is 430 g/mol. The number of benzene rings is 3. The number of carbonyl (C=O) groups is 2. The van der Waals surface area contributed by atoms with Gasteiger partial charge in [-0.1, -0.05) is 48.5 Å². The zero-order valence-electron chi connectivity index (χ0n) is 17.0. The van der Waals surface area contributed by atoms with Gasteiger partial charge in [0.05, 0.1) is 29.3 Å². The Balaban J connectivity index is 1.94. The first-order chi connectivity index (χ1) is 15.4. The molecule has 1 amide bonds. The lowest BCUT2D eigenvalue weighted by molar-refractivity contribution is -0.384. The third kappa shape index (κ3) is 3.58. The summed E-state index contributed by atoms with van der Waals surface area (Å²) >= 11 is 0. The number of aliphatic hydroxyl groups is 1. The number of hydrogen-bond donors (Lipinski definition) is 1. The number of nitro benzene ring substituents is 1. The van der Waals surface area contributed by atoms with Crippen LogP contribution in [0.1, 0.15) is 17.2 Å². The summed E-state index contributed by atoms with van der Waals surface area (Å²) in [5.41, 5.74) is 0.769. The molecule has 1 aliphatic rings. The third-order valence-corrected chi connectivity index (χ3v) is 5.24. The highest BCUT2D eigenvalue weighted by Crippen LogP contribution is 2.43. The van der Waals surface area contributed by atoms with Crippen LogP contribution in [0.15, 0.2) is 84.4 Å². The maximum absolute atomic E-state index is 13.1. The summed E-state index contributed by atoms with van der Waals surface area (Å²) in [7, 11) is 1.51. The first-order valence-corrected chi connectivity index (χ1v) is 9.67. The zero-order chi connectivity index (χ0) is 22.8. The van der Waals surface area contributed by atoms with Crippen molar-refractivity contribution in [1.29, 1.82) is 0 Å². The van der Waals surface area contributed by atoms with Crippen LogP contribution in [-0.4, -0.2) is 28.8 Å². The predicted octanol–water partition coefficient (Wildman–Crippen LogP) is 4.23. The number of rotatable bonds is 5. The summed E-state index contributed by atoms with van der Waals surface area (Å²) in [4.78, 5) is 38.0. The van der Waals surface area contributed by atoms with Crippen molar-refractivity contribution in [3.63, 3.8) is 0 Å². The molecule has 1 atom stereocenters. The van der Waals surface area contributed by atoms with Gasteiger partial charge < -0.3 is 9.84 Å². The highest BCUT2D eigenvalue weighted by molar-refractivity contribution is 6.51. The number of hydrogen-bond acceptors (Lipinski definition) is 6. The minimum Gasteiger partial charge on any atom is -0.507 e. The smallest absolute Gasteiger partial charge is 0.300 e. The average molecular weight is 430 g/mol. The van der Waals surface area contributed by atoms with Gasteiger partial charge in [0.1, 0.15) is 11.5 Å². The van der Waals surface area contributed by atoms with Crippen molar-refractivity contribution in [3.8, 4) is 5.75 Å². The number of methoxy groups -OCH3 is 1. The summed E-state index contributed by atoms with van der Waals surface area (Å²) in [5.74, 6) is -1.51. The molecule has 4 rings (SSSR count). The third-order valence-electron chi connectivity index (χ3n) is 5.24. The van der Waals surface area contributed by atoms with Gasteiger partial charge in [0.2, 0.25) is 0 Å². The number of Topliss-reactive ketones (excluding diaryl/α,β-unsaturated/α-hetero) is 1. The molecule has 1 saturated heterocycles. The molecule has 0 aliphatic carbocycles. The predicted molar refractivity (Wildman–Crippen MR) is 117 cm³/mol. The maximum Gasteiger partial charge on any atom is 0.300 e. The molecule has 1 heterocycles. The van der Waals surface area contributed by atoms with Crippen molar-refractivity contribution in [2.45, 2.75) is 6.04 Å². The standard InChI is InChI=1S/C24H18N2O6/c1-32-19-12-10-15(11-13-19)21-20(22(27)16-6-3-2-4-7-16)23(28)24(29)25(21)17-8-5-9-18(14-17)26(30)31/h2-14,21,27H,1H3. The number of ether oxygens (including phenoxy) is 1. The summed E-state index contributed by atoms with van der Waals surface area (Å²) in [6.45, 7) is 0. The second kappa shape index (κ2) is 8.35. The van der Waals surface area contributed by atoms with Crippen molar-refractivity contribution < 1.29 is 24.4 Å². The fraction of sp³-hybridized carbons (Fsp3) is 0.0833. The van der Waals surface area contributed by atoms with Crippen molar-refractivity contribution in [2.75, 3.05) is 12.0 Å². The lowest BCUT2D eigenvalue weighted by Gasteiger charge is -2.25. The Hall–Kier alpha value is -4.46. The molecule has 1 unspecified atom stereocenters. The van der Waals surface area contributed by atoms with Gasteiger partial charge in [-0.2, -0.15) is 0 Å². The number of ketones is 1. The Labute approximate surface area is 183 Å². The van der Waals surface area contributed by atoms with Crippen molar-refractivity contribution in [1.82, 2.24) is 0 Å². The van der Waals surface area contributed by atoms with Crippen LogP contribution >= 0.6 is 0 Å². The van der Waals surface area contributed by atoms with Crippen LogP contribution in [-0.2, 0) is 9.59 Å². The van der Waals surface area contributed by atoms with Gasteiger partial charge in [-0.3, -0.25) is 24.6 Å². The minimum absolute atomic E-state index is 0.0992. The fourth-order valence-electron chi connectivity index (χ4n) is 3.71. The molecule has 0 radical (unpaired) electrons. The Morgan fingerprint density at radius 2 is 1.69 bits per heavy atom. The maximum atomic E-state index is 13.1. The largest absolute Gasteiger partial charge is 0.507 e. The van der Waals surface area contributed by atoms with E-state index in [0.717, 1.165) is 0 Å². The quantitative estimate of drug-likeness (QED) is 0.213. The Morgan fingerprint density at radius 3 is 2.31 bits per heavy atom. The molecule has 1 N–H and O–H groups in total. The molecule has 8 heteroatoms. The highest BCUT2D eigenvalue weighted by Gasteiger charge is 2.47. The number of aliphatic hydroxyl groups excluding tert-OH is 1. The van der Waals surface area contributed by atoms with E-state index in [2.05, 4.69) is 0 Å². The zero-order valence-corrected chi connectivity index (χ0v) is 17.0. The van der Waals surface area contributed by atoms with Crippen molar-refractivity contribution >= 4 is 28.8 Å². The highest BCUT2D eigenvalue weighted by atomic mass is 16.6. The van der Waals surface area contributed by atoms with Crippen molar-refractivity contribution in [3.05, 3.63) is 106 Å². The Morgan fingerprint density at radius 1 is 1.00 bits per heavy atom. The molecule has 0 bridgehead atoms. The van der Waals surface area contributed by atoms with E-state index in [0.29, 0.717) is 16.9 Å². The molecule has 0 saturated carbocycles. The fourth-order valence-corrected chi connectivity index (χ4v) is 3.71. The first-order valence-electron chi connectivity index (χ1n) is 9.67. The summed E-state index contributed by atoms with van der Waals surface area (Å²) < 4.78 is 5.19. The van der Waals surface area contributed by atoms with Gasteiger partial charge in [0.25, 0.3) is 17.4 Å². The van der Waals surface area contributed by atoms with E-state index < -0.39 is 22.7 Å². The van der Waals surface area contributed by atoms with Crippen LogP contribution in [0.5, 0.6) is 5.75 Å². The van der Waals surface area contributed by atoms with Crippen LogP contribution in [0.2, 0.25) is 0 Å². The normalized spacial score (nSPS) is 17.4. The molecule has 1 aliphatic heterocycles. The molecule has 8 nitrogen and oxygen atoms in total. The van der Waals surface area contributed by atoms with Crippen LogP contribution in [0, 0.1) is 10.1 Å². The second-order valence-corrected chi connectivity index (χ2v) is 7.09. The van der Waals surface area contributed by atoms with E-state index in [4.69, 9.17) is 4.74 Å². The van der Waals surface area contributed by atoms with Crippen LogP contribution < -0.4 is 9.64 Å². The van der Waals surface area contributed by atoms with Gasteiger partial charge in [-0.05, 0) is 23.8 Å². The molecule has 0 aromatic heterocycles. The van der Waals surface area contributed by atoms with Gasteiger partial charge in [0.15, 0.2) is 0 Å². The molecule has 160 valence electrons. The lowest BCUT2D eigenvalue weighted by atomic mass is 9.95. The van der Waals surface area contributed by atoms with E-state index in [1.54, 1.807) is 54.6 Å². The van der Waals surface area contributed by atoms with Crippen LogP contribution in [0.3, 0.4) is 0 Å². The van der Waals surface area contributed by atoms with Gasteiger partial charge in [-0.25, -0.2) is 0 Å². The summed E-state index contributed by atoms with van der Waals surface area (Å²) in [6, 6.07) is 19.6. The number of anilines is 1. The Kier molecular flexibility index (Phi) is 5.43.